The lowest BCUT2D eigenvalue weighted by Crippen LogP contribution is -1.23. The zero-order valence-electron chi connectivity index (χ0n) is 2.68. The van der Waals surface area contributed by atoms with Crippen molar-refractivity contribution >= 4 is 40.0 Å². The number of hydrogen-bond donors (Lipinski definition) is 0. The van der Waals surface area contributed by atoms with Crippen LogP contribution in [0, 0.1) is 0 Å². The lowest BCUT2D eigenvalue weighted by Gasteiger charge is -1.63. The molecule has 0 radical (unpaired) electrons. The van der Waals surface area contributed by atoms with Gasteiger partial charge in [0.15, 0.2) is 0 Å². The highest BCUT2D eigenvalue weighted by Crippen LogP contribution is 2.15. The van der Waals surface area contributed by atoms with E-state index in [1.807, 2.05) is 6.26 Å². The highest BCUT2D eigenvalue weighted by Gasteiger charge is 1.54. The Morgan fingerprint density at radius 1 is 2.00 bits per heavy atom. The van der Waals surface area contributed by atoms with Crippen molar-refractivity contribution in [1.82, 2.24) is 0 Å². The summed E-state index contributed by atoms with van der Waals surface area (Å²) >= 11 is 3.68. The maximum Gasteiger partial charge on any atom is 0.0919 e. The Hall–Kier alpha value is 1.18. The fraction of sp³-hybridized carbons (Fsp3) is 1.00. The maximum absolute atomic E-state index is 3.85. The first-order valence-electron chi connectivity index (χ1n) is 0.960. The molecular weight excluding hydrogens is 216 g/mol. The van der Waals surface area contributed by atoms with Gasteiger partial charge in [-0.25, -0.2) is 0 Å². The Balaban J connectivity index is 2.62. The second-order valence-corrected chi connectivity index (χ2v) is 2.80. The Morgan fingerprint density at radius 2 is 2.60 bits per heavy atom. The number of nitrogens with zero attached hydrogens (tertiary/aromatic N) is 1. The highest BCUT2D eigenvalue weighted by molar-refractivity contribution is 14.2. The van der Waals surface area contributed by atoms with E-state index in [-0.39, 0.29) is 0 Å². The van der Waals surface area contributed by atoms with E-state index in [4.69, 9.17) is 0 Å². The minimum absolute atomic E-state index is 1.09. The summed E-state index contributed by atoms with van der Waals surface area (Å²) in [6.07, 6.45) is 1.95. The van der Waals surface area contributed by atoms with E-state index >= 15 is 0 Å². The van der Waals surface area contributed by atoms with Gasteiger partial charge in [0.2, 0.25) is 0 Å². The highest BCUT2D eigenvalue weighted by atomic mass is 127. The van der Waals surface area contributed by atoms with E-state index in [1.54, 1.807) is 0 Å². The second kappa shape index (κ2) is 5.18. The molecule has 0 spiro atoms. The van der Waals surface area contributed by atoms with E-state index in [1.165, 1.54) is 11.9 Å². The normalized spacial score (nSPS) is 10.0. The van der Waals surface area contributed by atoms with Crippen LogP contribution in [0.2, 0.25) is 0 Å². The van der Waals surface area contributed by atoms with Crippen molar-refractivity contribution in [2.45, 2.75) is 0 Å². The van der Waals surface area contributed by atoms with Crippen LogP contribution in [0.5, 0.6) is 0 Å². The topological polar surface area (TPSA) is 12.4 Å². The van der Waals surface area contributed by atoms with E-state index in [0.29, 0.717) is 0 Å². The summed E-state index contributed by atoms with van der Waals surface area (Å²) in [4.78, 5) is 0. The van der Waals surface area contributed by atoms with Gasteiger partial charge in [-0.1, -0.05) is 0 Å². The second-order valence-electron chi connectivity index (χ2n) is 0.340. The van der Waals surface area contributed by atoms with Crippen LogP contribution in [-0.4, -0.2) is 6.26 Å². The molecule has 0 N–H and O–H groups in total. The molecule has 0 aromatic heterocycles. The predicted octanol–water partition coefficient (Wildman–Crippen LogP) is 2.74. The molecule has 0 fully saturated rings. The lowest BCUT2D eigenvalue weighted by molar-refractivity contribution is 2.08. The van der Waals surface area contributed by atoms with E-state index in [2.05, 4.69) is 26.2 Å². The predicted molar refractivity (Wildman–Crippen MR) is 36.9 cm³/mol. The minimum atomic E-state index is 1.09. The average molecular weight is 219 g/mol. The molecule has 0 heterocycles. The summed E-state index contributed by atoms with van der Waals surface area (Å²) in [6, 6.07) is 1.09. The van der Waals surface area contributed by atoms with Crippen molar-refractivity contribution < 1.29 is 0 Å². The number of rotatable bonds is 1. The summed E-state index contributed by atoms with van der Waals surface area (Å²) in [7, 11) is 0. The number of hydrogen-bond acceptors (Lipinski definition) is 2. The van der Waals surface area contributed by atoms with Gasteiger partial charge in [-0.15, -0.1) is 0 Å². The van der Waals surface area contributed by atoms with Gasteiger partial charge in [-0.3, -0.25) is 0 Å². The third-order valence-corrected chi connectivity index (χ3v) is 2.60. The smallest absolute Gasteiger partial charge is 0.0919 e. The van der Waals surface area contributed by atoms with Crippen LogP contribution in [-0.2, 0) is 0 Å². The molecule has 0 rings (SSSR count). The average Bonchev–Trinajstić information content (AvgIpc) is 1.41. The van der Waals surface area contributed by atoms with Crippen LogP contribution >= 0.6 is 40.0 Å². The first-order chi connectivity index (χ1) is 2.41. The maximum atomic E-state index is 3.85. The van der Waals surface area contributed by atoms with E-state index in [9.17, 15) is 0 Å². The lowest BCUT2D eigenvalue weighted by atomic mass is 12.0. The summed E-state index contributed by atoms with van der Waals surface area (Å²) in [5, 5.41) is 0. The molecule has 0 saturated carbocycles. The molecule has 0 aromatic rings. The quantitative estimate of drug-likeness (QED) is 0.375. The molecule has 0 aliphatic rings. The van der Waals surface area contributed by atoms with Crippen LogP contribution in [0.3, 0.4) is 0 Å². The van der Waals surface area contributed by atoms with Crippen LogP contribution < -0.4 is 0 Å². The summed E-state index contributed by atoms with van der Waals surface area (Å²) in [5.74, 6) is 0. The van der Waals surface area contributed by atoms with E-state index < -0.39 is 0 Å². The van der Waals surface area contributed by atoms with Gasteiger partial charge in [0.05, 0.1) is 6.02 Å². The Bertz CT molecular complexity index is 38.6. The van der Waals surface area contributed by atoms with Gasteiger partial charge < -0.3 is 0 Å². The van der Waals surface area contributed by atoms with Crippen LogP contribution in [0.1, 0.15) is 0 Å². The van der Waals surface area contributed by atoms with Gasteiger partial charge in [-0.2, -0.15) is 4.15 Å². The molecule has 0 bridgehead atoms. The van der Waals surface area contributed by atoms with Gasteiger partial charge in [0.25, 0.3) is 0 Å². The van der Waals surface area contributed by atoms with Crippen molar-refractivity contribution in [2.24, 2.45) is 4.15 Å². The van der Waals surface area contributed by atoms with Gasteiger partial charge in [0.1, 0.15) is 0 Å². The summed E-state index contributed by atoms with van der Waals surface area (Å²) in [6.45, 7) is 0. The monoisotopic (exact) mass is 219 g/mol. The molecule has 0 unspecified atom stereocenters. The SMILES string of the molecule is CSN=PI. The number of halogens is 1. The van der Waals surface area contributed by atoms with Gasteiger partial charge >= 0.3 is 0 Å². The zero-order valence-corrected chi connectivity index (χ0v) is 6.55. The molecule has 0 aliphatic carbocycles. The zero-order chi connectivity index (χ0) is 4.12. The molecule has 4 heteroatoms. The molecule has 0 saturated heterocycles. The van der Waals surface area contributed by atoms with Crippen molar-refractivity contribution in [1.29, 1.82) is 0 Å². The summed E-state index contributed by atoms with van der Waals surface area (Å²) < 4.78 is 3.85. The van der Waals surface area contributed by atoms with Crippen molar-refractivity contribution in [3.63, 3.8) is 0 Å². The van der Waals surface area contributed by atoms with Crippen LogP contribution in [0.15, 0.2) is 4.15 Å². The first-order valence-corrected chi connectivity index (χ1v) is 5.77. The first kappa shape index (κ1) is 6.18. The van der Waals surface area contributed by atoms with Crippen LogP contribution in [0.4, 0.5) is 0 Å². The molecule has 1 nitrogen and oxygen atoms in total. The molecule has 0 atom stereocenters. The summed E-state index contributed by atoms with van der Waals surface area (Å²) in [5.41, 5.74) is 0. The fourth-order valence-electron chi connectivity index (χ4n) is 0.0309. The molecule has 0 aromatic carbocycles. The standard InChI is InChI=1S/CH3INPS/c1-5-3-4-2/h1H3. The fourth-order valence-corrected chi connectivity index (χ4v) is 1.86. The molecule has 0 aliphatic heterocycles. The van der Waals surface area contributed by atoms with Crippen molar-refractivity contribution in [3.05, 3.63) is 0 Å². The Kier molecular flexibility index (Phi) is 6.40. The van der Waals surface area contributed by atoms with Crippen molar-refractivity contribution in [3.8, 4) is 0 Å². The largest absolute Gasteiger partial charge is 0.189 e. The molecule has 5 heavy (non-hydrogen) atoms. The Morgan fingerprint density at radius 3 is 2.60 bits per heavy atom. The van der Waals surface area contributed by atoms with Crippen LogP contribution in [0.25, 0.3) is 0 Å². The van der Waals surface area contributed by atoms with Gasteiger partial charge in [-0.05, 0) is 11.9 Å². The molecular formula is CH3INPS. The van der Waals surface area contributed by atoms with E-state index in [0.717, 1.165) is 6.02 Å². The van der Waals surface area contributed by atoms with Gasteiger partial charge in [0, 0.05) is 28.3 Å². The third-order valence-electron chi connectivity index (χ3n) is 0.113. The molecule has 0 amide bonds. The minimum Gasteiger partial charge on any atom is -0.189 e. The Labute approximate surface area is 50.4 Å². The third kappa shape index (κ3) is 5.18. The van der Waals surface area contributed by atoms with Crippen molar-refractivity contribution in [2.75, 3.05) is 6.26 Å². The molecule has 30 valence electrons.